The molecule has 0 saturated heterocycles. The molecule has 2 N–H and O–H groups in total. The maximum Gasteiger partial charge on any atom is 0.234 e. The summed E-state index contributed by atoms with van der Waals surface area (Å²) in [5.41, 5.74) is 0.859. The average molecular weight is 340 g/mol. The Hall–Kier alpha value is -1.56. The molecule has 22 heavy (non-hydrogen) atoms. The van der Waals surface area contributed by atoms with Gasteiger partial charge in [0.15, 0.2) is 0 Å². The van der Waals surface area contributed by atoms with Crippen LogP contribution in [0.1, 0.15) is 11.7 Å². The third-order valence-corrected chi connectivity index (χ3v) is 4.15. The molecular formula is C16H15ClFNO2S. The van der Waals surface area contributed by atoms with Gasteiger partial charge >= 0.3 is 0 Å². The molecule has 2 aromatic carbocycles. The van der Waals surface area contributed by atoms with E-state index in [0.29, 0.717) is 10.8 Å². The number of carbonyl (C=O) groups excluding carboxylic acids is 1. The van der Waals surface area contributed by atoms with Crippen molar-refractivity contribution in [3.8, 4) is 0 Å². The lowest BCUT2D eigenvalue weighted by Gasteiger charge is -2.11. The number of hydrogen-bond donors (Lipinski definition) is 2. The van der Waals surface area contributed by atoms with E-state index in [1.807, 2.05) is 30.3 Å². The molecule has 2 rings (SSSR count). The second-order valence-electron chi connectivity index (χ2n) is 4.61. The van der Waals surface area contributed by atoms with Crippen LogP contribution in [0.3, 0.4) is 0 Å². The van der Waals surface area contributed by atoms with Crippen molar-refractivity contribution in [1.29, 1.82) is 0 Å². The molecule has 0 aliphatic carbocycles. The van der Waals surface area contributed by atoms with Crippen molar-refractivity contribution < 1.29 is 14.3 Å². The summed E-state index contributed by atoms with van der Waals surface area (Å²) < 4.78 is 13.5. The normalized spacial score (nSPS) is 12.0. The number of thioether (sulfide) groups is 1. The summed E-state index contributed by atoms with van der Waals surface area (Å²) in [6.45, 7) is 0. The van der Waals surface area contributed by atoms with Crippen LogP contribution in [-0.4, -0.2) is 22.5 Å². The van der Waals surface area contributed by atoms with Gasteiger partial charge in [-0.05, 0) is 23.8 Å². The number of aliphatic hydroxyl groups excluding tert-OH is 1. The molecule has 0 aliphatic heterocycles. The number of aliphatic hydroxyl groups is 1. The predicted octanol–water partition coefficient (Wildman–Crippen LogP) is 3.88. The summed E-state index contributed by atoms with van der Waals surface area (Å²) in [6.07, 6.45) is -0.637. The lowest BCUT2D eigenvalue weighted by Crippen LogP contribution is -2.16. The van der Waals surface area contributed by atoms with Crippen molar-refractivity contribution in [2.75, 3.05) is 16.8 Å². The molecule has 2 aromatic rings. The maximum atomic E-state index is 13.5. The predicted molar refractivity (Wildman–Crippen MR) is 88.8 cm³/mol. The second-order valence-corrected chi connectivity index (χ2v) is 6.08. The number of anilines is 1. The van der Waals surface area contributed by atoms with E-state index < -0.39 is 11.9 Å². The molecule has 0 radical (unpaired) electrons. The van der Waals surface area contributed by atoms with Crippen molar-refractivity contribution >= 4 is 35.0 Å². The van der Waals surface area contributed by atoms with Crippen LogP contribution in [0.15, 0.2) is 48.5 Å². The molecule has 0 spiro atoms. The van der Waals surface area contributed by atoms with E-state index in [-0.39, 0.29) is 17.3 Å². The molecule has 3 nitrogen and oxygen atoms in total. The summed E-state index contributed by atoms with van der Waals surface area (Å²) >= 11 is 7.03. The van der Waals surface area contributed by atoms with E-state index in [1.165, 1.54) is 30.0 Å². The highest BCUT2D eigenvalue weighted by Crippen LogP contribution is 2.21. The topological polar surface area (TPSA) is 49.3 Å². The highest BCUT2D eigenvalue weighted by Gasteiger charge is 2.11. The van der Waals surface area contributed by atoms with Gasteiger partial charge in [0.25, 0.3) is 0 Å². The van der Waals surface area contributed by atoms with Crippen molar-refractivity contribution in [3.05, 3.63) is 64.9 Å². The molecular weight excluding hydrogens is 325 g/mol. The van der Waals surface area contributed by atoms with Gasteiger partial charge in [0.1, 0.15) is 5.82 Å². The molecule has 0 aromatic heterocycles. The number of benzene rings is 2. The zero-order chi connectivity index (χ0) is 15.9. The number of nitrogens with one attached hydrogen (secondary N) is 1. The molecule has 0 aliphatic rings. The molecule has 0 unspecified atom stereocenters. The Balaban J connectivity index is 1.80. The molecule has 6 heteroatoms. The first-order valence-electron chi connectivity index (χ1n) is 6.62. The van der Waals surface area contributed by atoms with Gasteiger partial charge in [-0.25, -0.2) is 4.39 Å². The largest absolute Gasteiger partial charge is 0.388 e. The van der Waals surface area contributed by atoms with Gasteiger partial charge in [0.2, 0.25) is 5.91 Å². The van der Waals surface area contributed by atoms with Crippen molar-refractivity contribution in [2.45, 2.75) is 6.10 Å². The monoisotopic (exact) mass is 339 g/mol. The van der Waals surface area contributed by atoms with Crippen LogP contribution in [0.4, 0.5) is 10.1 Å². The van der Waals surface area contributed by atoms with Crippen molar-refractivity contribution in [2.24, 2.45) is 0 Å². The van der Waals surface area contributed by atoms with Gasteiger partial charge in [0, 0.05) is 10.8 Å². The molecule has 0 bridgehead atoms. The molecule has 0 heterocycles. The zero-order valence-electron chi connectivity index (χ0n) is 11.6. The number of rotatable bonds is 6. The maximum absolute atomic E-state index is 13.5. The number of carbonyl (C=O) groups is 1. The Bertz CT molecular complexity index is 639. The van der Waals surface area contributed by atoms with Gasteiger partial charge in [-0.3, -0.25) is 4.79 Å². The van der Waals surface area contributed by atoms with Gasteiger partial charge in [-0.1, -0.05) is 41.9 Å². The van der Waals surface area contributed by atoms with Crippen LogP contribution in [0.25, 0.3) is 0 Å². The summed E-state index contributed by atoms with van der Waals surface area (Å²) in [7, 11) is 0. The van der Waals surface area contributed by atoms with Gasteiger partial charge in [0.05, 0.1) is 17.5 Å². The van der Waals surface area contributed by atoms with Crippen molar-refractivity contribution in [3.63, 3.8) is 0 Å². The van der Waals surface area contributed by atoms with Gasteiger partial charge in [-0.2, -0.15) is 0 Å². The Morgan fingerprint density at radius 3 is 2.73 bits per heavy atom. The minimum absolute atomic E-state index is 0.0571. The number of amides is 1. The minimum Gasteiger partial charge on any atom is -0.388 e. The lowest BCUT2D eigenvalue weighted by atomic mass is 10.1. The van der Waals surface area contributed by atoms with Crippen LogP contribution in [-0.2, 0) is 4.79 Å². The zero-order valence-corrected chi connectivity index (χ0v) is 13.2. The molecule has 1 amide bonds. The highest BCUT2D eigenvalue weighted by molar-refractivity contribution is 7.99. The third-order valence-electron chi connectivity index (χ3n) is 2.90. The first-order chi connectivity index (χ1) is 10.6. The smallest absolute Gasteiger partial charge is 0.234 e. The van der Waals surface area contributed by atoms with Gasteiger partial charge < -0.3 is 10.4 Å². The standard InChI is InChI=1S/C16H15ClFNO2S/c17-12-6-7-13(18)14(8-12)19-16(21)10-22-9-15(20)11-4-2-1-3-5-11/h1-8,15,20H,9-10H2,(H,19,21)/t15-/m0/s1. The minimum atomic E-state index is -0.637. The molecule has 0 saturated carbocycles. The summed E-state index contributed by atoms with van der Waals surface area (Å²) in [6, 6.07) is 13.2. The molecule has 0 fully saturated rings. The summed E-state index contributed by atoms with van der Waals surface area (Å²) in [5, 5.41) is 12.8. The van der Waals surface area contributed by atoms with Crippen LogP contribution in [0.2, 0.25) is 5.02 Å². The van der Waals surface area contributed by atoms with Crippen molar-refractivity contribution in [1.82, 2.24) is 0 Å². The third kappa shape index (κ3) is 5.02. The Kier molecular flexibility index (Phi) is 6.24. The van der Waals surface area contributed by atoms with E-state index in [2.05, 4.69) is 5.32 Å². The van der Waals surface area contributed by atoms with Crippen LogP contribution in [0.5, 0.6) is 0 Å². The molecule has 116 valence electrons. The number of hydrogen-bond acceptors (Lipinski definition) is 3. The number of halogens is 2. The first-order valence-corrected chi connectivity index (χ1v) is 8.15. The first kappa shape index (κ1) is 16.8. The summed E-state index contributed by atoms with van der Waals surface area (Å²) in [4.78, 5) is 11.8. The highest BCUT2D eigenvalue weighted by atomic mass is 35.5. The van der Waals surface area contributed by atoms with E-state index in [0.717, 1.165) is 5.56 Å². The molecule has 1 atom stereocenters. The van der Waals surface area contributed by atoms with Crippen LogP contribution >= 0.6 is 23.4 Å². The quantitative estimate of drug-likeness (QED) is 0.839. The van der Waals surface area contributed by atoms with Crippen LogP contribution in [0, 0.1) is 5.82 Å². The SMILES string of the molecule is O=C(CSC[C@H](O)c1ccccc1)Nc1cc(Cl)ccc1F. The fourth-order valence-corrected chi connectivity index (χ4v) is 2.78. The van der Waals surface area contributed by atoms with E-state index in [4.69, 9.17) is 11.6 Å². The van der Waals surface area contributed by atoms with E-state index >= 15 is 0 Å². The lowest BCUT2D eigenvalue weighted by molar-refractivity contribution is -0.113. The Morgan fingerprint density at radius 1 is 1.27 bits per heavy atom. The van der Waals surface area contributed by atoms with E-state index in [9.17, 15) is 14.3 Å². The Morgan fingerprint density at radius 2 is 2.00 bits per heavy atom. The fraction of sp³-hybridized carbons (Fsp3) is 0.188. The van der Waals surface area contributed by atoms with Crippen LogP contribution < -0.4 is 5.32 Å². The average Bonchev–Trinajstić information content (AvgIpc) is 2.51. The second kappa shape index (κ2) is 8.17. The summed E-state index contributed by atoms with van der Waals surface area (Å²) in [5.74, 6) is -0.371. The Labute approximate surface area is 137 Å². The fourth-order valence-electron chi connectivity index (χ4n) is 1.81. The van der Waals surface area contributed by atoms with E-state index in [1.54, 1.807) is 0 Å². The van der Waals surface area contributed by atoms with Gasteiger partial charge in [-0.15, -0.1) is 11.8 Å².